The highest BCUT2D eigenvalue weighted by molar-refractivity contribution is 5.90. The van der Waals surface area contributed by atoms with Gasteiger partial charge in [0.2, 0.25) is 5.91 Å². The number of hydrogen-bond donors (Lipinski definition) is 1. The monoisotopic (exact) mass is 289 g/mol. The van der Waals surface area contributed by atoms with Crippen molar-refractivity contribution >= 4 is 22.5 Å². The summed E-state index contributed by atoms with van der Waals surface area (Å²) in [5, 5.41) is 14.5. The lowest BCUT2D eigenvalue weighted by atomic mass is 10.2. The summed E-state index contributed by atoms with van der Waals surface area (Å²) >= 11 is 0. The molecule has 2 rings (SSSR count). The number of nitrogens with one attached hydrogen (secondary N) is 1. The molecule has 112 valence electrons. The smallest absolute Gasteiger partial charge is 0.278 e. The number of carbonyl (C=O) groups is 1. The molecule has 6 nitrogen and oxygen atoms in total. The number of fused-ring (bicyclic) bond motifs is 1. The molecule has 1 atom stereocenters. The number of aromatic nitrogens is 1. The molecule has 0 saturated heterocycles. The molecule has 21 heavy (non-hydrogen) atoms. The summed E-state index contributed by atoms with van der Waals surface area (Å²) in [5.41, 5.74) is 0.758. The zero-order valence-corrected chi connectivity index (χ0v) is 12.2. The second kappa shape index (κ2) is 6.39. The fourth-order valence-corrected chi connectivity index (χ4v) is 2.48. The normalized spacial score (nSPS) is 12.3. The Hall–Kier alpha value is -2.37. The number of nitro groups is 1. The second-order valence-corrected chi connectivity index (χ2v) is 5.17. The number of hydrogen-bond acceptors (Lipinski definition) is 3. The maximum Gasteiger partial charge on any atom is 0.278 e. The minimum absolute atomic E-state index is 0.0611. The Kier molecular flexibility index (Phi) is 4.57. The van der Waals surface area contributed by atoms with Crippen LogP contribution in [0.4, 0.5) is 5.69 Å². The molecule has 1 unspecified atom stereocenters. The minimum Gasteiger partial charge on any atom is -0.352 e. The van der Waals surface area contributed by atoms with Gasteiger partial charge in [-0.25, -0.2) is 0 Å². The third-order valence-electron chi connectivity index (χ3n) is 3.43. The third-order valence-corrected chi connectivity index (χ3v) is 3.43. The molecule has 0 aliphatic carbocycles. The van der Waals surface area contributed by atoms with E-state index >= 15 is 0 Å². The van der Waals surface area contributed by atoms with Crippen molar-refractivity contribution in [3.05, 3.63) is 40.6 Å². The lowest BCUT2D eigenvalue weighted by Crippen LogP contribution is -2.34. The van der Waals surface area contributed by atoms with E-state index in [2.05, 4.69) is 12.2 Å². The quantitative estimate of drug-likeness (QED) is 0.656. The van der Waals surface area contributed by atoms with Gasteiger partial charge in [-0.3, -0.25) is 14.9 Å². The van der Waals surface area contributed by atoms with Gasteiger partial charge in [-0.15, -0.1) is 0 Å². The highest BCUT2D eigenvalue weighted by Gasteiger charge is 2.15. The molecule has 1 amide bonds. The molecule has 0 radical (unpaired) electrons. The van der Waals surface area contributed by atoms with Crippen LogP contribution in [0, 0.1) is 10.1 Å². The van der Waals surface area contributed by atoms with Gasteiger partial charge < -0.3 is 9.88 Å². The first-order valence-electron chi connectivity index (χ1n) is 7.04. The van der Waals surface area contributed by atoms with E-state index < -0.39 is 4.92 Å². The lowest BCUT2D eigenvalue weighted by Gasteiger charge is -2.13. The average molecular weight is 289 g/mol. The standard InChI is InChI=1S/C15H19N3O3/c1-3-5-11(2)16-15(19)10-17-9-8-12-13(17)6-4-7-14(12)18(20)21/h4,6-9,11H,3,5,10H2,1-2H3,(H,16,19). The van der Waals surface area contributed by atoms with Crippen LogP contribution in [0.25, 0.3) is 10.9 Å². The highest BCUT2D eigenvalue weighted by Crippen LogP contribution is 2.26. The van der Waals surface area contributed by atoms with Crippen molar-refractivity contribution in [3.8, 4) is 0 Å². The molecule has 0 saturated carbocycles. The predicted octanol–water partition coefficient (Wildman–Crippen LogP) is 2.85. The van der Waals surface area contributed by atoms with Gasteiger partial charge >= 0.3 is 0 Å². The molecular formula is C15H19N3O3. The summed E-state index contributed by atoms with van der Waals surface area (Å²) < 4.78 is 1.73. The minimum atomic E-state index is -0.407. The van der Waals surface area contributed by atoms with Crippen molar-refractivity contribution in [1.29, 1.82) is 0 Å². The number of benzene rings is 1. The molecule has 1 N–H and O–H groups in total. The van der Waals surface area contributed by atoms with E-state index in [-0.39, 0.29) is 24.2 Å². The molecular weight excluding hydrogens is 270 g/mol. The van der Waals surface area contributed by atoms with Crippen molar-refractivity contribution < 1.29 is 9.72 Å². The molecule has 0 fully saturated rings. The topological polar surface area (TPSA) is 77.2 Å². The summed E-state index contributed by atoms with van der Waals surface area (Å²) in [4.78, 5) is 22.6. The molecule has 2 aromatic rings. The molecule has 0 bridgehead atoms. The number of nitro benzene ring substituents is 1. The molecule has 0 aliphatic heterocycles. The Morgan fingerprint density at radius 2 is 2.19 bits per heavy atom. The van der Waals surface area contributed by atoms with Crippen LogP contribution in [-0.4, -0.2) is 21.4 Å². The van der Waals surface area contributed by atoms with Crippen LogP contribution in [0.2, 0.25) is 0 Å². The number of rotatable bonds is 6. The van der Waals surface area contributed by atoms with Crippen molar-refractivity contribution in [2.45, 2.75) is 39.3 Å². The fraction of sp³-hybridized carbons (Fsp3) is 0.400. The maximum absolute atomic E-state index is 12.0. The van der Waals surface area contributed by atoms with E-state index in [0.717, 1.165) is 12.8 Å². The van der Waals surface area contributed by atoms with E-state index in [1.165, 1.54) is 6.07 Å². The van der Waals surface area contributed by atoms with Crippen molar-refractivity contribution in [2.75, 3.05) is 0 Å². The van der Waals surface area contributed by atoms with Crippen LogP contribution in [0.15, 0.2) is 30.5 Å². The van der Waals surface area contributed by atoms with Gasteiger partial charge in [-0.05, 0) is 25.5 Å². The van der Waals surface area contributed by atoms with Crippen LogP contribution in [0.1, 0.15) is 26.7 Å². The fourth-order valence-electron chi connectivity index (χ4n) is 2.48. The molecule has 1 heterocycles. The molecule has 0 aliphatic rings. The van der Waals surface area contributed by atoms with E-state index in [1.54, 1.807) is 29.0 Å². The van der Waals surface area contributed by atoms with Gasteiger partial charge in [0.25, 0.3) is 5.69 Å². The summed E-state index contributed by atoms with van der Waals surface area (Å²) in [6.45, 7) is 4.21. The van der Waals surface area contributed by atoms with Crippen molar-refractivity contribution in [1.82, 2.24) is 9.88 Å². The summed E-state index contributed by atoms with van der Waals surface area (Å²) in [6, 6.07) is 6.70. The van der Waals surface area contributed by atoms with Crippen LogP contribution in [0.3, 0.4) is 0 Å². The first kappa shape index (κ1) is 15.0. The SMILES string of the molecule is CCCC(C)NC(=O)Cn1ccc2c([N+](=O)[O-])cccc21. The maximum atomic E-state index is 12.0. The summed E-state index contributed by atoms with van der Waals surface area (Å²) in [5.74, 6) is -0.0834. The zero-order valence-electron chi connectivity index (χ0n) is 12.2. The van der Waals surface area contributed by atoms with E-state index in [9.17, 15) is 14.9 Å². The van der Waals surface area contributed by atoms with Crippen LogP contribution >= 0.6 is 0 Å². The van der Waals surface area contributed by atoms with Crippen LogP contribution in [-0.2, 0) is 11.3 Å². The summed E-state index contributed by atoms with van der Waals surface area (Å²) in [7, 11) is 0. The zero-order chi connectivity index (χ0) is 15.4. The Morgan fingerprint density at radius 3 is 2.86 bits per heavy atom. The molecule has 6 heteroatoms. The second-order valence-electron chi connectivity index (χ2n) is 5.17. The number of carbonyl (C=O) groups excluding carboxylic acids is 1. The van der Waals surface area contributed by atoms with Gasteiger partial charge in [-0.2, -0.15) is 0 Å². The predicted molar refractivity (Wildman–Crippen MR) is 81.1 cm³/mol. The van der Waals surface area contributed by atoms with Gasteiger partial charge in [0, 0.05) is 18.3 Å². The van der Waals surface area contributed by atoms with Gasteiger partial charge in [0.15, 0.2) is 0 Å². The van der Waals surface area contributed by atoms with Gasteiger partial charge in [-0.1, -0.05) is 19.4 Å². The van der Waals surface area contributed by atoms with E-state index in [0.29, 0.717) is 10.9 Å². The van der Waals surface area contributed by atoms with E-state index in [4.69, 9.17) is 0 Å². The molecule has 1 aromatic heterocycles. The summed E-state index contributed by atoms with van der Waals surface area (Å²) in [6.07, 6.45) is 3.66. The van der Waals surface area contributed by atoms with Gasteiger partial charge in [0.1, 0.15) is 6.54 Å². The first-order valence-corrected chi connectivity index (χ1v) is 7.04. The average Bonchev–Trinajstić information content (AvgIpc) is 2.81. The molecule has 1 aromatic carbocycles. The largest absolute Gasteiger partial charge is 0.352 e. The van der Waals surface area contributed by atoms with Crippen LogP contribution < -0.4 is 5.32 Å². The third kappa shape index (κ3) is 3.39. The highest BCUT2D eigenvalue weighted by atomic mass is 16.6. The Labute approximate surface area is 122 Å². The Balaban J connectivity index is 2.18. The lowest BCUT2D eigenvalue weighted by molar-refractivity contribution is -0.383. The van der Waals surface area contributed by atoms with E-state index in [1.807, 2.05) is 6.92 Å². The number of non-ortho nitro benzene ring substituents is 1. The van der Waals surface area contributed by atoms with Crippen molar-refractivity contribution in [3.63, 3.8) is 0 Å². The Bertz CT molecular complexity index is 663. The Morgan fingerprint density at radius 1 is 1.43 bits per heavy atom. The molecule has 0 spiro atoms. The van der Waals surface area contributed by atoms with Crippen molar-refractivity contribution in [2.24, 2.45) is 0 Å². The van der Waals surface area contributed by atoms with Gasteiger partial charge in [0.05, 0.1) is 15.8 Å². The number of amides is 1. The van der Waals surface area contributed by atoms with Crippen LogP contribution in [0.5, 0.6) is 0 Å². The first-order chi connectivity index (χ1) is 10.0. The number of nitrogens with zero attached hydrogens (tertiary/aromatic N) is 2.